The summed E-state index contributed by atoms with van der Waals surface area (Å²) in [5.41, 5.74) is 1.67. The Morgan fingerprint density at radius 1 is 1.25 bits per heavy atom. The van der Waals surface area contributed by atoms with Crippen LogP contribution in [0.25, 0.3) is 0 Å². The topological polar surface area (TPSA) is 41.1 Å². The summed E-state index contributed by atoms with van der Waals surface area (Å²) in [7, 11) is 0. The molecule has 1 aromatic heterocycles. The highest BCUT2D eigenvalue weighted by molar-refractivity contribution is 5.32. The lowest BCUT2D eigenvalue weighted by molar-refractivity contribution is 0.301. The molecule has 2 aliphatic rings. The molecule has 4 heteroatoms. The zero-order chi connectivity index (χ0) is 14.0. The fraction of sp³-hybridized carbons (Fsp3) is 0.750. The van der Waals surface area contributed by atoms with Crippen LogP contribution < -0.4 is 10.2 Å². The second kappa shape index (κ2) is 5.68. The molecule has 0 unspecified atom stereocenters. The van der Waals surface area contributed by atoms with Crippen molar-refractivity contribution in [3.8, 4) is 0 Å². The molecule has 0 bridgehead atoms. The Labute approximate surface area is 122 Å². The van der Waals surface area contributed by atoms with Gasteiger partial charge in [-0.3, -0.25) is 0 Å². The fourth-order valence-corrected chi connectivity index (χ4v) is 3.09. The molecule has 2 fully saturated rings. The van der Waals surface area contributed by atoms with Gasteiger partial charge in [-0.05, 0) is 37.5 Å². The normalized spacial score (nSPS) is 21.4. The number of anilines is 1. The van der Waals surface area contributed by atoms with Crippen LogP contribution in [0.1, 0.15) is 51.5 Å². The van der Waals surface area contributed by atoms with Crippen LogP contribution in [0.3, 0.4) is 0 Å². The van der Waals surface area contributed by atoms with Crippen molar-refractivity contribution in [2.45, 2.75) is 58.5 Å². The van der Waals surface area contributed by atoms with Gasteiger partial charge in [0.25, 0.3) is 0 Å². The van der Waals surface area contributed by atoms with E-state index >= 15 is 0 Å². The van der Waals surface area contributed by atoms with Crippen molar-refractivity contribution in [1.82, 2.24) is 15.3 Å². The summed E-state index contributed by atoms with van der Waals surface area (Å²) in [6, 6.07) is 0.739. The molecule has 110 valence electrons. The average Bonchev–Trinajstić information content (AvgIpc) is 3.23. The van der Waals surface area contributed by atoms with Gasteiger partial charge in [-0.1, -0.05) is 13.8 Å². The molecule has 1 aliphatic carbocycles. The maximum atomic E-state index is 4.57. The number of nitrogens with one attached hydrogen (secondary N) is 1. The minimum atomic E-state index is 0.482. The Kier molecular flexibility index (Phi) is 3.92. The lowest BCUT2D eigenvalue weighted by atomic mass is 9.82. The molecule has 0 atom stereocenters. The van der Waals surface area contributed by atoms with E-state index in [9.17, 15) is 0 Å². The zero-order valence-corrected chi connectivity index (χ0v) is 12.7. The first-order valence-electron chi connectivity index (χ1n) is 8.04. The predicted molar refractivity (Wildman–Crippen MR) is 81.7 cm³/mol. The van der Waals surface area contributed by atoms with E-state index in [0.29, 0.717) is 5.41 Å². The van der Waals surface area contributed by atoms with E-state index in [4.69, 9.17) is 0 Å². The van der Waals surface area contributed by atoms with E-state index in [1.54, 1.807) is 0 Å². The van der Waals surface area contributed by atoms with Crippen LogP contribution in [0.2, 0.25) is 0 Å². The van der Waals surface area contributed by atoms with E-state index in [2.05, 4.69) is 34.0 Å². The molecule has 20 heavy (non-hydrogen) atoms. The number of aromatic nitrogens is 2. The van der Waals surface area contributed by atoms with E-state index < -0.39 is 0 Å². The standard InChI is InChI=1S/C16H26N4/c1-3-16(4-2)7-8-20(12-16)15-18-10-13(11-19-15)9-17-14-5-6-14/h10-11,14,17H,3-9,12H2,1-2H3. The lowest BCUT2D eigenvalue weighted by Gasteiger charge is -2.26. The molecule has 1 saturated heterocycles. The minimum Gasteiger partial charge on any atom is -0.340 e. The van der Waals surface area contributed by atoms with E-state index in [1.807, 2.05) is 12.4 Å². The summed E-state index contributed by atoms with van der Waals surface area (Å²) >= 11 is 0. The number of nitrogens with zero attached hydrogens (tertiary/aromatic N) is 3. The summed E-state index contributed by atoms with van der Waals surface area (Å²) in [5, 5.41) is 3.50. The Hall–Kier alpha value is -1.16. The molecule has 1 N–H and O–H groups in total. The quantitative estimate of drug-likeness (QED) is 0.866. The van der Waals surface area contributed by atoms with Crippen LogP contribution in [0.15, 0.2) is 12.4 Å². The maximum absolute atomic E-state index is 4.57. The van der Waals surface area contributed by atoms with Crippen LogP contribution >= 0.6 is 0 Å². The minimum absolute atomic E-state index is 0.482. The van der Waals surface area contributed by atoms with Crippen LogP contribution in [0, 0.1) is 5.41 Å². The van der Waals surface area contributed by atoms with Crippen molar-refractivity contribution < 1.29 is 0 Å². The summed E-state index contributed by atoms with van der Waals surface area (Å²) in [6.07, 6.45) is 10.4. The predicted octanol–water partition coefficient (Wildman–Crippen LogP) is 2.75. The van der Waals surface area contributed by atoms with Crippen molar-refractivity contribution in [3.05, 3.63) is 18.0 Å². The lowest BCUT2D eigenvalue weighted by Crippen LogP contribution is -2.27. The van der Waals surface area contributed by atoms with Gasteiger partial charge >= 0.3 is 0 Å². The molecule has 3 rings (SSSR count). The Bertz CT molecular complexity index is 434. The SMILES string of the molecule is CCC1(CC)CCN(c2ncc(CNC3CC3)cn2)C1. The summed E-state index contributed by atoms with van der Waals surface area (Å²) in [5.74, 6) is 0.906. The first-order chi connectivity index (χ1) is 9.74. The third-order valence-electron chi connectivity index (χ3n) is 5.09. The molecule has 0 amide bonds. The van der Waals surface area contributed by atoms with Crippen molar-refractivity contribution in [1.29, 1.82) is 0 Å². The molecule has 2 heterocycles. The molecule has 0 aromatic carbocycles. The summed E-state index contributed by atoms with van der Waals surface area (Å²) in [4.78, 5) is 11.5. The summed E-state index contributed by atoms with van der Waals surface area (Å²) < 4.78 is 0. The van der Waals surface area contributed by atoms with Crippen molar-refractivity contribution in [2.24, 2.45) is 5.41 Å². The average molecular weight is 274 g/mol. The van der Waals surface area contributed by atoms with Gasteiger partial charge in [0.15, 0.2) is 0 Å². The van der Waals surface area contributed by atoms with E-state index in [1.165, 1.54) is 37.7 Å². The summed E-state index contributed by atoms with van der Waals surface area (Å²) in [6.45, 7) is 7.72. The number of hydrogen-bond donors (Lipinski definition) is 1. The van der Waals surface area contributed by atoms with Gasteiger partial charge in [0.1, 0.15) is 0 Å². The zero-order valence-electron chi connectivity index (χ0n) is 12.7. The van der Waals surface area contributed by atoms with Crippen molar-refractivity contribution in [3.63, 3.8) is 0 Å². The Morgan fingerprint density at radius 3 is 2.50 bits per heavy atom. The monoisotopic (exact) mass is 274 g/mol. The van der Waals surface area contributed by atoms with Crippen LogP contribution in [-0.2, 0) is 6.54 Å². The van der Waals surface area contributed by atoms with E-state index in [0.717, 1.165) is 31.6 Å². The highest BCUT2D eigenvalue weighted by atomic mass is 15.3. The molecule has 1 aliphatic heterocycles. The molecule has 0 radical (unpaired) electrons. The number of hydrogen-bond acceptors (Lipinski definition) is 4. The van der Waals surface area contributed by atoms with Crippen molar-refractivity contribution >= 4 is 5.95 Å². The number of rotatable bonds is 6. The molecule has 0 spiro atoms. The first-order valence-corrected chi connectivity index (χ1v) is 8.04. The van der Waals surface area contributed by atoms with E-state index in [-0.39, 0.29) is 0 Å². The molecule has 1 aromatic rings. The highest BCUT2D eigenvalue weighted by Crippen LogP contribution is 2.37. The van der Waals surface area contributed by atoms with Gasteiger partial charge in [-0.2, -0.15) is 0 Å². The third kappa shape index (κ3) is 2.95. The molecular formula is C16H26N4. The fourth-order valence-electron chi connectivity index (χ4n) is 3.09. The van der Waals surface area contributed by atoms with Gasteiger partial charge in [0.2, 0.25) is 5.95 Å². The molecule has 1 saturated carbocycles. The first kappa shape index (κ1) is 13.8. The maximum Gasteiger partial charge on any atom is 0.225 e. The van der Waals surface area contributed by atoms with Crippen molar-refractivity contribution in [2.75, 3.05) is 18.0 Å². The Balaban J connectivity index is 1.59. The van der Waals surface area contributed by atoms with Crippen LogP contribution in [-0.4, -0.2) is 29.1 Å². The Morgan fingerprint density at radius 2 is 1.95 bits per heavy atom. The smallest absolute Gasteiger partial charge is 0.225 e. The largest absolute Gasteiger partial charge is 0.340 e. The van der Waals surface area contributed by atoms with Gasteiger partial charge in [0, 0.05) is 43.6 Å². The third-order valence-corrected chi connectivity index (χ3v) is 5.09. The highest BCUT2D eigenvalue weighted by Gasteiger charge is 2.35. The van der Waals surface area contributed by atoms with Gasteiger partial charge < -0.3 is 10.2 Å². The molecular weight excluding hydrogens is 248 g/mol. The van der Waals surface area contributed by atoms with Gasteiger partial charge in [-0.15, -0.1) is 0 Å². The second-order valence-corrected chi connectivity index (χ2v) is 6.43. The van der Waals surface area contributed by atoms with Crippen LogP contribution in [0.4, 0.5) is 5.95 Å². The van der Waals surface area contributed by atoms with Crippen LogP contribution in [0.5, 0.6) is 0 Å². The van der Waals surface area contributed by atoms with Gasteiger partial charge in [-0.25, -0.2) is 9.97 Å². The van der Waals surface area contributed by atoms with Gasteiger partial charge in [0.05, 0.1) is 0 Å². The second-order valence-electron chi connectivity index (χ2n) is 6.43. The molecule has 4 nitrogen and oxygen atoms in total.